The van der Waals surface area contributed by atoms with Gasteiger partial charge in [-0.15, -0.1) is 0 Å². The molecule has 0 saturated carbocycles. The topological polar surface area (TPSA) is 250 Å². The van der Waals surface area contributed by atoms with E-state index in [1.54, 1.807) is 31.2 Å². The van der Waals surface area contributed by atoms with Crippen molar-refractivity contribution < 1.29 is 105 Å². The van der Waals surface area contributed by atoms with Gasteiger partial charge in [-0.05, 0) is 47.9 Å². The van der Waals surface area contributed by atoms with E-state index in [2.05, 4.69) is 0 Å². The zero-order chi connectivity index (χ0) is 57.3. The summed E-state index contributed by atoms with van der Waals surface area (Å²) in [5.41, 5.74) is 2.22. The van der Waals surface area contributed by atoms with Crippen LogP contribution in [0.15, 0.2) is 115 Å². The zero-order valence-corrected chi connectivity index (χ0v) is 45.6. The molecule has 3 aliphatic rings. The van der Waals surface area contributed by atoms with E-state index in [1.165, 1.54) is 21.0 Å². The van der Waals surface area contributed by atoms with Gasteiger partial charge in [-0.1, -0.05) is 91.0 Å². The van der Waals surface area contributed by atoms with E-state index in [4.69, 9.17) is 75.8 Å². The monoisotopic (exact) mass is 1120 g/mol. The molecule has 0 N–H and O–H groups in total. The molecule has 4 aromatic carbocycles. The number of benzene rings is 4. The Morgan fingerprint density at radius 3 is 1.32 bits per heavy atom. The van der Waals surface area contributed by atoms with Crippen molar-refractivity contribution in [2.75, 3.05) is 20.3 Å². The molecule has 4 aromatic rings. The summed E-state index contributed by atoms with van der Waals surface area (Å²) in [6.45, 7) is 7.48. The summed E-state index contributed by atoms with van der Waals surface area (Å²) in [5, 5.41) is 0. The number of rotatable bonds is 24. The molecule has 15 atom stereocenters. The highest BCUT2D eigenvalue weighted by molar-refractivity contribution is 5.69. The Morgan fingerprint density at radius 1 is 0.400 bits per heavy atom. The summed E-state index contributed by atoms with van der Waals surface area (Å²) in [6.07, 6.45) is -21.7. The van der Waals surface area contributed by atoms with E-state index in [0.29, 0.717) is 22.6 Å². The molecule has 7 rings (SSSR count). The van der Waals surface area contributed by atoms with Gasteiger partial charge in [-0.2, -0.15) is 0 Å². The van der Waals surface area contributed by atoms with E-state index in [0.717, 1.165) is 33.3 Å². The summed E-state index contributed by atoms with van der Waals surface area (Å²) in [5.74, 6) is -3.95. The predicted octanol–water partition coefficient (Wildman–Crippen LogP) is 5.65. The van der Waals surface area contributed by atoms with Gasteiger partial charge >= 0.3 is 35.8 Å². The van der Waals surface area contributed by atoms with Crippen molar-refractivity contribution in [2.45, 2.75) is 160 Å². The van der Waals surface area contributed by atoms with Crippen molar-refractivity contribution in [3.63, 3.8) is 0 Å². The second-order valence-corrected chi connectivity index (χ2v) is 19.0. The fourth-order valence-electron chi connectivity index (χ4n) is 9.34. The van der Waals surface area contributed by atoms with Gasteiger partial charge in [-0.25, -0.2) is 0 Å². The highest BCUT2D eigenvalue weighted by atomic mass is 16.8. The van der Waals surface area contributed by atoms with Crippen LogP contribution in [-0.2, 0) is 115 Å². The molecule has 0 radical (unpaired) electrons. The first-order valence-electron chi connectivity index (χ1n) is 26.0. The van der Waals surface area contributed by atoms with E-state index in [1.807, 2.05) is 91.0 Å². The zero-order valence-electron chi connectivity index (χ0n) is 45.6. The number of hydrogen-bond donors (Lipinski definition) is 0. The molecule has 22 heteroatoms. The highest BCUT2D eigenvalue weighted by Gasteiger charge is 2.59. The van der Waals surface area contributed by atoms with Crippen molar-refractivity contribution >= 4 is 35.8 Å². The molecule has 0 unspecified atom stereocenters. The number of hydrogen-bond acceptors (Lipinski definition) is 22. The summed E-state index contributed by atoms with van der Waals surface area (Å²) in [6, 6.07) is 34.2. The Kier molecular flexibility index (Phi) is 22.3. The Balaban J connectivity index is 1.42. The first-order chi connectivity index (χ1) is 38.5. The van der Waals surface area contributed by atoms with Crippen molar-refractivity contribution in [2.24, 2.45) is 0 Å². The van der Waals surface area contributed by atoms with Crippen molar-refractivity contribution in [1.82, 2.24) is 0 Å². The lowest BCUT2D eigenvalue weighted by molar-refractivity contribution is -0.386. The molecule has 0 aromatic heterocycles. The number of esters is 6. The lowest BCUT2D eigenvalue weighted by Crippen LogP contribution is -2.69. The van der Waals surface area contributed by atoms with Crippen LogP contribution in [0.25, 0.3) is 0 Å². The van der Waals surface area contributed by atoms with Gasteiger partial charge in [-0.3, -0.25) is 28.8 Å². The number of carbonyl (C=O) groups is 6. The van der Waals surface area contributed by atoms with E-state index in [9.17, 15) is 28.8 Å². The maximum absolute atomic E-state index is 13.2. The van der Waals surface area contributed by atoms with Crippen LogP contribution in [-0.4, -0.2) is 148 Å². The quantitative estimate of drug-likeness (QED) is 0.0607. The minimum atomic E-state index is -1.81. The van der Waals surface area contributed by atoms with Gasteiger partial charge in [0.2, 0.25) is 6.29 Å². The molecule has 22 nitrogen and oxygen atoms in total. The molecule has 80 heavy (non-hydrogen) atoms. The van der Waals surface area contributed by atoms with Crippen LogP contribution in [0.1, 0.15) is 65.2 Å². The molecule has 3 heterocycles. The first-order valence-corrected chi connectivity index (χ1v) is 26.0. The van der Waals surface area contributed by atoms with Crippen LogP contribution in [0.2, 0.25) is 0 Å². The van der Waals surface area contributed by atoms with E-state index in [-0.39, 0.29) is 26.4 Å². The standard InChI is InChI=1S/C58H68O22/c1-33-47(71-35(3)60)50(73-37(5)62)53(68-29-41-20-14-10-15-21-41)56(70-33)80-51-49(79-58-55(75-39(7)64)52(74-38(6)63)48(72-36(4)61)46(78-58)32-67-34(2)59)45(31-66-28-40-18-12-9-13-19-40)77-57(76-44-26-24-43(65-8)25-27-44)54(51)69-30-42-22-16-11-17-23-42/h9-27,33,45-58H,28-32H2,1-8H3/t33-,45-,46-,47+,48+,49-,50+,51+,52+,53-,54-,55-,56-,57-,58+/m1/s1. The second-order valence-electron chi connectivity index (χ2n) is 19.0. The molecule has 3 saturated heterocycles. The van der Waals surface area contributed by atoms with Gasteiger partial charge < -0.3 is 75.8 Å². The van der Waals surface area contributed by atoms with Gasteiger partial charge in [0, 0.05) is 41.5 Å². The van der Waals surface area contributed by atoms with Gasteiger partial charge in [0.15, 0.2) is 43.1 Å². The van der Waals surface area contributed by atoms with Crippen molar-refractivity contribution in [3.05, 3.63) is 132 Å². The molecule has 3 fully saturated rings. The van der Waals surface area contributed by atoms with Crippen LogP contribution in [0.4, 0.5) is 0 Å². The molecule has 0 bridgehead atoms. The van der Waals surface area contributed by atoms with Crippen LogP contribution in [0, 0.1) is 0 Å². The van der Waals surface area contributed by atoms with Crippen molar-refractivity contribution in [1.29, 1.82) is 0 Å². The molecule has 3 aliphatic heterocycles. The third-order valence-corrected chi connectivity index (χ3v) is 12.7. The van der Waals surface area contributed by atoms with Gasteiger partial charge in [0.1, 0.15) is 54.7 Å². The maximum atomic E-state index is 13.2. The second kappa shape index (κ2) is 29.4. The third-order valence-electron chi connectivity index (χ3n) is 12.7. The summed E-state index contributed by atoms with van der Waals surface area (Å²) in [4.78, 5) is 77.1. The molecule has 0 aliphatic carbocycles. The molecule has 0 spiro atoms. The lowest BCUT2D eigenvalue weighted by Gasteiger charge is -2.51. The SMILES string of the molecule is COc1ccc(O[C@@H]2O[C@H](COCc3ccccc3)[C@@H](O[C@@H]3O[C@H](COC(C)=O)[C@H](OC(C)=O)[C@H](OC(C)=O)[C@H]3OC(C)=O)[C@H](O[C@H]3O[C@H](C)[C@H](OC(C)=O)[C@H](OC(C)=O)[C@H]3OCc3ccccc3)[C@H]2OCc2ccccc2)cc1. The number of methoxy groups -OCH3 is 1. The third kappa shape index (κ3) is 17.2. The van der Waals surface area contributed by atoms with Crippen LogP contribution in [0.5, 0.6) is 11.5 Å². The molecule has 0 amide bonds. The average molecular weight is 1120 g/mol. The van der Waals surface area contributed by atoms with Crippen LogP contribution < -0.4 is 9.47 Å². The van der Waals surface area contributed by atoms with Gasteiger partial charge in [0.05, 0.1) is 39.6 Å². The average Bonchev–Trinajstić information content (AvgIpc) is 3.58. The first kappa shape index (κ1) is 60.6. The Bertz CT molecular complexity index is 2620. The smallest absolute Gasteiger partial charge is 0.303 e. The summed E-state index contributed by atoms with van der Waals surface area (Å²) in [7, 11) is 1.52. The number of carbonyl (C=O) groups excluding carboxylic acids is 6. The van der Waals surface area contributed by atoms with E-state index >= 15 is 0 Å². The van der Waals surface area contributed by atoms with Crippen LogP contribution in [0.3, 0.4) is 0 Å². The fraction of sp³-hybridized carbons (Fsp3) is 0.483. The normalized spacial score (nSPS) is 28.3. The van der Waals surface area contributed by atoms with Crippen molar-refractivity contribution in [3.8, 4) is 11.5 Å². The number of ether oxygens (including phenoxy) is 16. The Labute approximate surface area is 463 Å². The van der Waals surface area contributed by atoms with Gasteiger partial charge in [0.25, 0.3) is 0 Å². The summed E-state index contributed by atoms with van der Waals surface area (Å²) >= 11 is 0. The Morgan fingerprint density at radius 2 is 0.812 bits per heavy atom. The van der Waals surface area contributed by atoms with Crippen LogP contribution >= 0.6 is 0 Å². The molecule has 432 valence electrons. The Hall–Kier alpha value is -7.02. The highest BCUT2D eigenvalue weighted by Crippen LogP contribution is 2.39. The van der Waals surface area contributed by atoms with E-state index < -0.39 is 135 Å². The minimum Gasteiger partial charge on any atom is -0.497 e. The molecular formula is C58H68O22. The molecular weight excluding hydrogens is 1050 g/mol. The summed E-state index contributed by atoms with van der Waals surface area (Å²) < 4.78 is 101. The largest absolute Gasteiger partial charge is 0.497 e. The maximum Gasteiger partial charge on any atom is 0.303 e. The lowest BCUT2D eigenvalue weighted by atomic mass is 9.95. The fourth-order valence-corrected chi connectivity index (χ4v) is 9.34. The predicted molar refractivity (Wildman–Crippen MR) is 276 cm³/mol. The minimum absolute atomic E-state index is 0.0657.